The van der Waals surface area contributed by atoms with Gasteiger partial charge in [0.15, 0.2) is 0 Å². The molecule has 1 aromatic carbocycles. The zero-order valence-electron chi connectivity index (χ0n) is 8.91. The third-order valence-electron chi connectivity index (χ3n) is 1.64. The van der Waals surface area contributed by atoms with E-state index in [-0.39, 0.29) is 6.42 Å². The molecule has 0 unspecified atom stereocenters. The Bertz CT molecular complexity index is 257. The third kappa shape index (κ3) is 6.20. The van der Waals surface area contributed by atoms with Gasteiger partial charge in [0, 0.05) is 5.97 Å². The van der Waals surface area contributed by atoms with Crippen molar-refractivity contribution < 1.29 is 14.8 Å². The molecular weight excluding hydrogens is 178 g/mol. The monoisotopic (exact) mass is 195 g/mol. The Morgan fingerprint density at radius 3 is 1.93 bits per heavy atom. The van der Waals surface area contributed by atoms with Gasteiger partial charge >= 0.3 is 0 Å². The highest BCUT2D eigenvalue weighted by Crippen LogP contribution is 1.95. The maximum absolute atomic E-state index is 9.26. The number of para-hydroxylation sites is 1. The minimum Gasteiger partial charge on any atom is -0.550 e. The van der Waals surface area contributed by atoms with Gasteiger partial charge in [0.25, 0.3) is 0 Å². The van der Waals surface area contributed by atoms with Crippen molar-refractivity contribution in [2.45, 2.75) is 13.3 Å². The SMILES string of the molecule is CCC(=O)[O-].C[NH+](C)c1ccccc1. The lowest BCUT2D eigenvalue weighted by atomic mass is 10.3. The summed E-state index contributed by atoms with van der Waals surface area (Å²) in [5.41, 5.74) is 1.33. The van der Waals surface area contributed by atoms with E-state index in [1.807, 2.05) is 6.07 Å². The number of benzene rings is 1. The normalized spacial score (nSPS) is 9.14. The molecule has 0 spiro atoms. The van der Waals surface area contributed by atoms with Crippen molar-refractivity contribution in [1.82, 2.24) is 0 Å². The van der Waals surface area contributed by atoms with Crippen molar-refractivity contribution in [3.05, 3.63) is 30.3 Å². The van der Waals surface area contributed by atoms with Crippen molar-refractivity contribution >= 4 is 11.7 Å². The van der Waals surface area contributed by atoms with E-state index >= 15 is 0 Å². The number of carboxylic acids is 1. The van der Waals surface area contributed by atoms with Crippen LogP contribution in [0.15, 0.2) is 30.3 Å². The van der Waals surface area contributed by atoms with Gasteiger partial charge in [0.05, 0.1) is 14.1 Å². The van der Waals surface area contributed by atoms with E-state index in [0.717, 1.165) is 0 Å². The summed E-state index contributed by atoms with van der Waals surface area (Å²) in [5.74, 6) is -0.995. The summed E-state index contributed by atoms with van der Waals surface area (Å²) < 4.78 is 0. The number of nitrogens with one attached hydrogen (secondary N) is 1. The van der Waals surface area contributed by atoms with Crippen LogP contribution >= 0.6 is 0 Å². The topological polar surface area (TPSA) is 44.6 Å². The first-order chi connectivity index (χ1) is 6.57. The molecule has 1 aromatic rings. The molecule has 0 radical (unpaired) electrons. The fourth-order valence-electron chi connectivity index (χ4n) is 0.771. The summed E-state index contributed by atoms with van der Waals surface area (Å²) >= 11 is 0. The van der Waals surface area contributed by atoms with Gasteiger partial charge in [-0.1, -0.05) is 25.1 Å². The van der Waals surface area contributed by atoms with E-state index in [0.29, 0.717) is 0 Å². The molecular formula is C11H17NO2. The molecule has 0 aromatic heterocycles. The number of carboxylic acid groups (broad SMARTS) is 1. The molecule has 0 saturated heterocycles. The lowest BCUT2D eigenvalue weighted by Crippen LogP contribution is -3.00. The molecule has 0 aliphatic rings. The Balaban J connectivity index is 0.000000292. The van der Waals surface area contributed by atoms with Crippen molar-refractivity contribution in [2.75, 3.05) is 14.1 Å². The van der Waals surface area contributed by atoms with Crippen LogP contribution in [0.4, 0.5) is 5.69 Å². The Hall–Kier alpha value is -1.35. The molecule has 14 heavy (non-hydrogen) atoms. The lowest BCUT2D eigenvalue weighted by molar-refractivity contribution is -0.786. The van der Waals surface area contributed by atoms with E-state index < -0.39 is 5.97 Å². The minimum absolute atomic E-state index is 0.111. The standard InChI is InChI=1S/C8H11N.C3H6O2/c1-9(2)8-6-4-3-5-7-8;1-2-3(4)5/h3-7H,1-2H3;2H2,1H3,(H,4,5). The van der Waals surface area contributed by atoms with E-state index in [1.54, 1.807) is 0 Å². The number of aliphatic carboxylic acids is 1. The van der Waals surface area contributed by atoms with Crippen LogP contribution in [-0.4, -0.2) is 20.1 Å². The molecule has 0 fully saturated rings. The van der Waals surface area contributed by atoms with Gasteiger partial charge in [0.1, 0.15) is 5.69 Å². The maximum Gasteiger partial charge on any atom is 0.130 e. The summed E-state index contributed by atoms with van der Waals surface area (Å²) in [6, 6.07) is 10.4. The van der Waals surface area contributed by atoms with Gasteiger partial charge in [-0.25, -0.2) is 0 Å². The number of carbonyl (C=O) groups is 1. The molecule has 0 amide bonds. The first-order valence-corrected chi connectivity index (χ1v) is 4.63. The summed E-state index contributed by atoms with van der Waals surface area (Å²) in [5, 5.41) is 9.26. The molecule has 0 atom stereocenters. The summed E-state index contributed by atoms with van der Waals surface area (Å²) in [6.45, 7) is 1.54. The van der Waals surface area contributed by atoms with Crippen LogP contribution in [0.1, 0.15) is 13.3 Å². The Kier molecular flexibility index (Phi) is 6.41. The smallest absolute Gasteiger partial charge is 0.130 e. The second-order valence-corrected chi connectivity index (χ2v) is 3.09. The fraction of sp³-hybridized carbons (Fsp3) is 0.364. The lowest BCUT2D eigenvalue weighted by Gasteiger charge is -2.03. The van der Waals surface area contributed by atoms with Crippen LogP contribution in [0, 0.1) is 0 Å². The van der Waals surface area contributed by atoms with Gasteiger partial charge in [-0.05, 0) is 18.6 Å². The highest BCUT2D eigenvalue weighted by molar-refractivity contribution is 5.63. The van der Waals surface area contributed by atoms with Gasteiger partial charge in [0.2, 0.25) is 0 Å². The number of quaternary nitrogens is 1. The molecule has 3 heteroatoms. The average molecular weight is 195 g/mol. The molecule has 0 bridgehead atoms. The van der Waals surface area contributed by atoms with Gasteiger partial charge in [-0.15, -0.1) is 0 Å². The van der Waals surface area contributed by atoms with Gasteiger partial charge in [-0.2, -0.15) is 0 Å². The first kappa shape index (κ1) is 12.7. The predicted octanol–water partition coefficient (Wildman–Crippen LogP) is -0.391. The Labute approximate surface area is 85.0 Å². The molecule has 78 valence electrons. The Morgan fingerprint density at radius 2 is 1.71 bits per heavy atom. The number of hydrogen-bond donors (Lipinski definition) is 1. The molecule has 1 N–H and O–H groups in total. The second kappa shape index (κ2) is 7.09. The van der Waals surface area contributed by atoms with E-state index in [4.69, 9.17) is 0 Å². The molecule has 3 nitrogen and oxygen atoms in total. The zero-order valence-corrected chi connectivity index (χ0v) is 8.91. The van der Waals surface area contributed by atoms with Crippen molar-refractivity contribution in [1.29, 1.82) is 0 Å². The predicted molar refractivity (Wildman–Crippen MR) is 54.2 cm³/mol. The van der Waals surface area contributed by atoms with Crippen LogP contribution in [-0.2, 0) is 4.79 Å². The maximum atomic E-state index is 9.26. The van der Waals surface area contributed by atoms with E-state index in [9.17, 15) is 9.90 Å². The van der Waals surface area contributed by atoms with Crippen molar-refractivity contribution in [2.24, 2.45) is 0 Å². The Morgan fingerprint density at radius 1 is 1.29 bits per heavy atom. The van der Waals surface area contributed by atoms with E-state index in [1.165, 1.54) is 17.5 Å². The number of hydrogen-bond acceptors (Lipinski definition) is 2. The molecule has 0 heterocycles. The van der Waals surface area contributed by atoms with Crippen LogP contribution < -0.4 is 10.0 Å². The van der Waals surface area contributed by atoms with Gasteiger partial charge < -0.3 is 14.8 Å². The molecule has 0 saturated carbocycles. The van der Waals surface area contributed by atoms with Crippen LogP contribution in [0.5, 0.6) is 0 Å². The van der Waals surface area contributed by atoms with Gasteiger partial charge in [-0.3, -0.25) is 0 Å². The average Bonchev–Trinajstić information content (AvgIpc) is 2.20. The summed E-state index contributed by atoms with van der Waals surface area (Å²) in [4.78, 5) is 10.6. The van der Waals surface area contributed by atoms with Crippen molar-refractivity contribution in [3.63, 3.8) is 0 Å². The summed E-state index contributed by atoms with van der Waals surface area (Å²) in [6.07, 6.45) is 0.111. The number of rotatable bonds is 2. The molecule has 1 rings (SSSR count). The third-order valence-corrected chi connectivity index (χ3v) is 1.64. The van der Waals surface area contributed by atoms with Crippen LogP contribution in [0.3, 0.4) is 0 Å². The fourth-order valence-corrected chi connectivity index (χ4v) is 0.771. The van der Waals surface area contributed by atoms with Crippen molar-refractivity contribution in [3.8, 4) is 0 Å². The zero-order chi connectivity index (χ0) is 11.0. The quantitative estimate of drug-likeness (QED) is 0.698. The highest BCUT2D eigenvalue weighted by Gasteiger charge is 1.93. The minimum atomic E-state index is -0.995. The largest absolute Gasteiger partial charge is 0.550 e. The van der Waals surface area contributed by atoms with Crippen LogP contribution in [0.2, 0.25) is 0 Å². The first-order valence-electron chi connectivity index (χ1n) is 4.63. The molecule has 0 aliphatic heterocycles. The number of carbonyl (C=O) groups excluding carboxylic acids is 1. The second-order valence-electron chi connectivity index (χ2n) is 3.09. The van der Waals surface area contributed by atoms with Crippen LogP contribution in [0.25, 0.3) is 0 Å². The highest BCUT2D eigenvalue weighted by atomic mass is 16.4. The van der Waals surface area contributed by atoms with E-state index in [2.05, 4.69) is 38.4 Å². The summed E-state index contributed by atoms with van der Waals surface area (Å²) in [7, 11) is 4.24. The molecule has 0 aliphatic carbocycles.